The zero-order valence-corrected chi connectivity index (χ0v) is 16.6. The van der Waals surface area contributed by atoms with Gasteiger partial charge in [0.15, 0.2) is 5.37 Å². The molecule has 3 rings (SSSR count). The topological polar surface area (TPSA) is 98.7 Å². The molecule has 4 N–H and O–H groups in total. The number of carbonyl (C=O) groups excluding carboxylic acids is 2. The maximum absolute atomic E-state index is 12.3. The summed E-state index contributed by atoms with van der Waals surface area (Å²) >= 11 is 2.80. The number of amides is 2. The van der Waals surface area contributed by atoms with Gasteiger partial charge in [-0.3, -0.25) is 9.59 Å². The zero-order valence-electron chi connectivity index (χ0n) is 15.0. The smallest absolute Gasteiger partial charge is 0.252 e. The van der Waals surface area contributed by atoms with Crippen molar-refractivity contribution in [2.75, 3.05) is 4.90 Å². The summed E-state index contributed by atoms with van der Waals surface area (Å²) in [5.41, 5.74) is 12.6. The van der Waals surface area contributed by atoms with Gasteiger partial charge in [0.05, 0.1) is 16.8 Å². The number of anilines is 1. The summed E-state index contributed by atoms with van der Waals surface area (Å²) in [5.74, 6) is -0.940. The normalized spacial score (nSPS) is 24.0. The van der Waals surface area contributed by atoms with Crippen LogP contribution < -0.4 is 16.4 Å². The minimum absolute atomic E-state index is 0.410. The number of hydrogen-bond acceptors (Lipinski definition) is 6. The molecule has 0 aliphatic carbocycles. The first-order valence-corrected chi connectivity index (χ1v) is 9.77. The van der Waals surface area contributed by atoms with Crippen molar-refractivity contribution in [3.05, 3.63) is 27.1 Å². The quantitative estimate of drug-likeness (QED) is 0.839. The highest BCUT2D eigenvalue weighted by Crippen LogP contribution is 2.51. The molecule has 2 aliphatic heterocycles. The fourth-order valence-electron chi connectivity index (χ4n) is 3.66. The summed E-state index contributed by atoms with van der Waals surface area (Å²) in [5, 5.41) is 1.98. The van der Waals surface area contributed by atoms with E-state index in [9.17, 15) is 9.59 Å². The van der Waals surface area contributed by atoms with E-state index in [1.807, 2.05) is 44.9 Å². The minimum Gasteiger partial charge on any atom is -0.367 e. The number of thioether (sulfide) groups is 1. The van der Waals surface area contributed by atoms with Crippen molar-refractivity contribution in [1.29, 1.82) is 0 Å². The molecular weight excluding hydrogens is 358 g/mol. The molecule has 0 radical (unpaired) electrons. The summed E-state index contributed by atoms with van der Waals surface area (Å²) in [6, 6.07) is 0. The molecule has 1 unspecified atom stereocenters. The van der Waals surface area contributed by atoms with Crippen LogP contribution >= 0.6 is 23.1 Å². The summed E-state index contributed by atoms with van der Waals surface area (Å²) in [4.78, 5) is 27.0. The van der Waals surface area contributed by atoms with Gasteiger partial charge in [0.2, 0.25) is 0 Å². The molecule has 1 atom stereocenters. The van der Waals surface area contributed by atoms with Crippen molar-refractivity contribution in [3.8, 4) is 0 Å². The van der Waals surface area contributed by atoms with Crippen LogP contribution in [0, 0.1) is 0 Å². The van der Waals surface area contributed by atoms with E-state index in [1.165, 1.54) is 23.1 Å². The number of primary amides is 2. The number of thiophene rings is 1. The first kappa shape index (κ1) is 18.3. The van der Waals surface area contributed by atoms with Gasteiger partial charge in [-0.25, -0.2) is 0 Å². The van der Waals surface area contributed by atoms with E-state index in [0.29, 0.717) is 17.0 Å². The molecule has 0 spiro atoms. The lowest BCUT2D eigenvalue weighted by atomic mass is 9.86. The van der Waals surface area contributed by atoms with Gasteiger partial charge in [-0.15, -0.1) is 11.3 Å². The molecule has 1 aromatic heterocycles. The van der Waals surface area contributed by atoms with Gasteiger partial charge in [-0.2, -0.15) is 0 Å². The van der Waals surface area contributed by atoms with Crippen LogP contribution in [-0.2, 0) is 21.6 Å². The third kappa shape index (κ3) is 2.96. The first-order valence-electron chi connectivity index (χ1n) is 8.01. The van der Waals surface area contributed by atoms with Crippen molar-refractivity contribution in [2.45, 2.75) is 57.6 Å². The molecule has 0 saturated heterocycles. The van der Waals surface area contributed by atoms with Crippen LogP contribution in [0.15, 0.2) is 11.1 Å². The third-order valence-corrected chi connectivity index (χ3v) is 7.07. The number of allylic oxidation sites excluding steroid dienone is 1. The maximum atomic E-state index is 12.3. The number of nitrogens with zero attached hydrogens (tertiary/aromatic N) is 1. The molecular formula is C17H23N3O3S2. The molecule has 0 fully saturated rings. The number of rotatable bonds is 3. The largest absolute Gasteiger partial charge is 0.367 e. The number of nitrogens with two attached hydrogens (primary N) is 2. The van der Waals surface area contributed by atoms with E-state index in [4.69, 9.17) is 16.2 Å². The molecule has 8 heteroatoms. The average Bonchev–Trinajstić information content (AvgIpc) is 2.97. The van der Waals surface area contributed by atoms with Gasteiger partial charge in [0.25, 0.3) is 11.8 Å². The Balaban J connectivity index is 2.23. The van der Waals surface area contributed by atoms with Crippen LogP contribution in [0.1, 0.15) is 55.4 Å². The number of ether oxygens (including phenoxy) is 1. The third-order valence-electron chi connectivity index (χ3n) is 4.36. The molecule has 1 aromatic rings. The lowest BCUT2D eigenvalue weighted by molar-refractivity contribution is -0.135. The SMILES string of the molecule is CC1=CSC(C(N)=O)N1c1sc2c(c1C(N)=O)CC(C)(C)OC2(C)C. The Morgan fingerprint density at radius 2 is 1.92 bits per heavy atom. The highest BCUT2D eigenvalue weighted by atomic mass is 32.2. The monoisotopic (exact) mass is 381 g/mol. The second-order valence-corrected chi connectivity index (χ2v) is 9.48. The zero-order chi connectivity index (χ0) is 18.7. The lowest BCUT2D eigenvalue weighted by Gasteiger charge is -2.41. The summed E-state index contributed by atoms with van der Waals surface area (Å²) in [6.45, 7) is 9.88. The van der Waals surface area contributed by atoms with Crippen molar-refractivity contribution < 1.29 is 14.3 Å². The van der Waals surface area contributed by atoms with Gasteiger partial charge >= 0.3 is 0 Å². The van der Waals surface area contributed by atoms with Crippen molar-refractivity contribution in [3.63, 3.8) is 0 Å². The van der Waals surface area contributed by atoms with E-state index < -0.39 is 28.4 Å². The number of hydrogen-bond donors (Lipinski definition) is 2. The Kier molecular flexibility index (Phi) is 4.21. The van der Waals surface area contributed by atoms with E-state index in [0.717, 1.165) is 16.1 Å². The maximum Gasteiger partial charge on any atom is 0.252 e. The van der Waals surface area contributed by atoms with E-state index in [2.05, 4.69) is 0 Å². The van der Waals surface area contributed by atoms with Crippen LogP contribution in [0.5, 0.6) is 0 Å². The molecule has 25 heavy (non-hydrogen) atoms. The first-order chi connectivity index (χ1) is 11.4. The molecule has 3 heterocycles. The van der Waals surface area contributed by atoms with Crippen molar-refractivity contribution >= 4 is 39.9 Å². The van der Waals surface area contributed by atoms with E-state index >= 15 is 0 Å². The second kappa shape index (κ2) is 5.75. The molecule has 0 saturated carbocycles. The average molecular weight is 382 g/mol. The highest BCUT2D eigenvalue weighted by Gasteiger charge is 2.45. The van der Waals surface area contributed by atoms with Gasteiger partial charge in [-0.05, 0) is 45.6 Å². The molecule has 2 amide bonds. The fraction of sp³-hybridized carbons (Fsp3) is 0.529. The predicted molar refractivity (Wildman–Crippen MR) is 102 cm³/mol. The Morgan fingerprint density at radius 3 is 2.48 bits per heavy atom. The van der Waals surface area contributed by atoms with E-state index in [1.54, 1.807) is 0 Å². The van der Waals surface area contributed by atoms with Crippen molar-refractivity contribution in [2.24, 2.45) is 11.5 Å². The minimum atomic E-state index is -0.574. The molecule has 2 aliphatic rings. The second-order valence-electron chi connectivity index (χ2n) is 7.52. The Hall–Kier alpha value is -1.51. The Morgan fingerprint density at radius 1 is 1.28 bits per heavy atom. The Bertz CT molecular complexity index is 795. The van der Waals surface area contributed by atoms with Crippen LogP contribution in [0.25, 0.3) is 0 Å². The molecule has 0 aromatic carbocycles. The molecule has 0 bridgehead atoms. The van der Waals surface area contributed by atoms with Gasteiger partial charge in [0, 0.05) is 17.0 Å². The fourth-order valence-corrected chi connectivity index (χ4v) is 6.14. The highest BCUT2D eigenvalue weighted by molar-refractivity contribution is 8.03. The summed E-state index contributed by atoms with van der Waals surface area (Å²) in [7, 11) is 0. The van der Waals surface area contributed by atoms with Crippen LogP contribution in [0.2, 0.25) is 0 Å². The van der Waals surface area contributed by atoms with Crippen LogP contribution in [0.4, 0.5) is 5.00 Å². The van der Waals surface area contributed by atoms with Gasteiger partial charge < -0.3 is 21.1 Å². The number of fused-ring (bicyclic) bond motifs is 1. The lowest BCUT2D eigenvalue weighted by Crippen LogP contribution is -2.42. The Labute approximate surface area is 155 Å². The molecule has 136 valence electrons. The number of carbonyl (C=O) groups is 2. The van der Waals surface area contributed by atoms with Crippen molar-refractivity contribution in [1.82, 2.24) is 0 Å². The summed E-state index contributed by atoms with van der Waals surface area (Å²) < 4.78 is 6.23. The standard InChI is InChI=1S/C17H23N3O3S2/c1-8-7-24-15(13(19)22)20(8)14-10(12(18)21)9-6-16(2,3)23-17(4,5)11(9)25-14/h7,15H,6H2,1-5H3,(H2,18,21)(H2,19,22). The summed E-state index contributed by atoms with van der Waals surface area (Å²) in [6.07, 6.45) is 0.589. The van der Waals surface area contributed by atoms with Crippen LogP contribution in [0.3, 0.4) is 0 Å². The predicted octanol–water partition coefficient (Wildman–Crippen LogP) is 2.66. The van der Waals surface area contributed by atoms with Gasteiger partial charge in [0.1, 0.15) is 5.00 Å². The van der Waals surface area contributed by atoms with E-state index in [-0.39, 0.29) is 0 Å². The van der Waals surface area contributed by atoms with Gasteiger partial charge in [-0.1, -0.05) is 11.8 Å². The molecule has 6 nitrogen and oxygen atoms in total. The van der Waals surface area contributed by atoms with Crippen LogP contribution in [-0.4, -0.2) is 22.8 Å².